The highest BCUT2D eigenvalue weighted by Gasteiger charge is 2.58. The highest BCUT2D eigenvalue weighted by Crippen LogP contribution is 2.47. The van der Waals surface area contributed by atoms with Crippen LogP contribution in [-0.2, 0) is 49.2 Å². The molecular weight excluding hydrogens is 558 g/mol. The second kappa shape index (κ2) is 12.0. The third-order valence-corrected chi connectivity index (χ3v) is 8.34. The van der Waals surface area contributed by atoms with Gasteiger partial charge < -0.3 is 42.6 Å². The summed E-state index contributed by atoms with van der Waals surface area (Å²) in [5.74, 6) is -0.784. The van der Waals surface area contributed by atoms with Crippen LogP contribution in [0.2, 0.25) is 0 Å². The summed E-state index contributed by atoms with van der Waals surface area (Å²) in [7, 11) is 3.23. The predicted octanol–water partition coefficient (Wildman–Crippen LogP) is 3.45. The molecule has 4 aliphatic rings. The van der Waals surface area contributed by atoms with E-state index in [4.69, 9.17) is 42.6 Å². The fraction of sp³-hybridized carbons (Fsp3) is 0.548. The Morgan fingerprint density at radius 3 is 2.40 bits per heavy atom. The molecule has 0 aliphatic carbocycles. The van der Waals surface area contributed by atoms with Gasteiger partial charge in [-0.15, -0.1) is 5.10 Å². The standard InChI is InChI=1S/C31H37N3O9/c1-31(2)42-27-26(35-3)23(40-30(27)43-31)20-15-32-33-34(20)22-24-21(17-38-28(41-24)19-13-9-6-10-14-19)39-29(36-4)25(22)37-16-18-11-7-5-8-12-18/h5-15,21-30H,16-17H2,1-4H3/t21-,22-,23-,24-,25+,26+,27-,28-,29+,30-/m1/s1. The fourth-order valence-electron chi connectivity index (χ4n) is 6.42. The van der Waals surface area contributed by atoms with Gasteiger partial charge in [-0.3, -0.25) is 0 Å². The predicted molar refractivity (Wildman–Crippen MR) is 148 cm³/mol. The molecule has 0 unspecified atom stereocenters. The van der Waals surface area contributed by atoms with E-state index in [2.05, 4.69) is 10.3 Å². The number of hydrogen-bond acceptors (Lipinski definition) is 11. The summed E-state index contributed by atoms with van der Waals surface area (Å²) in [6.45, 7) is 4.33. The Kier molecular flexibility index (Phi) is 8.05. The van der Waals surface area contributed by atoms with Crippen molar-refractivity contribution in [1.82, 2.24) is 15.0 Å². The molecule has 1 aromatic heterocycles. The van der Waals surface area contributed by atoms with Crippen molar-refractivity contribution >= 4 is 0 Å². The zero-order chi connectivity index (χ0) is 29.6. The molecule has 4 aliphatic heterocycles. The third-order valence-electron chi connectivity index (χ3n) is 8.34. The molecule has 3 aromatic rings. The molecule has 43 heavy (non-hydrogen) atoms. The first-order valence-corrected chi connectivity index (χ1v) is 14.6. The van der Waals surface area contributed by atoms with Gasteiger partial charge in [0.25, 0.3) is 0 Å². The maximum Gasteiger partial charge on any atom is 0.190 e. The van der Waals surface area contributed by atoms with E-state index >= 15 is 0 Å². The number of rotatable bonds is 8. The van der Waals surface area contributed by atoms with Crippen molar-refractivity contribution in [3.63, 3.8) is 0 Å². The molecule has 4 saturated heterocycles. The van der Waals surface area contributed by atoms with Crippen molar-refractivity contribution in [2.75, 3.05) is 20.8 Å². The van der Waals surface area contributed by atoms with Gasteiger partial charge in [0.1, 0.15) is 42.7 Å². The maximum atomic E-state index is 6.67. The molecule has 0 amide bonds. The fourth-order valence-corrected chi connectivity index (χ4v) is 6.42. The molecule has 12 heteroatoms. The van der Waals surface area contributed by atoms with Crippen molar-refractivity contribution in [2.45, 2.75) is 87.8 Å². The van der Waals surface area contributed by atoms with Crippen LogP contribution in [0.1, 0.15) is 49.1 Å². The molecule has 4 fully saturated rings. The zero-order valence-electron chi connectivity index (χ0n) is 24.6. The van der Waals surface area contributed by atoms with Gasteiger partial charge in [0.05, 0.1) is 25.1 Å². The molecule has 0 radical (unpaired) electrons. The van der Waals surface area contributed by atoms with Crippen LogP contribution in [0, 0.1) is 0 Å². The van der Waals surface area contributed by atoms with E-state index in [0.717, 1.165) is 11.1 Å². The normalized spacial score (nSPS) is 36.7. The average Bonchev–Trinajstić information content (AvgIpc) is 3.71. The molecule has 2 aromatic carbocycles. The van der Waals surface area contributed by atoms with Crippen LogP contribution in [0.4, 0.5) is 0 Å². The van der Waals surface area contributed by atoms with E-state index in [1.54, 1.807) is 25.1 Å². The Morgan fingerprint density at radius 1 is 0.884 bits per heavy atom. The lowest BCUT2D eigenvalue weighted by Gasteiger charge is -2.49. The molecule has 0 saturated carbocycles. The van der Waals surface area contributed by atoms with Gasteiger partial charge in [-0.05, 0) is 19.4 Å². The van der Waals surface area contributed by atoms with Crippen LogP contribution >= 0.6 is 0 Å². The van der Waals surface area contributed by atoms with Crippen molar-refractivity contribution in [1.29, 1.82) is 0 Å². The second-order valence-corrected chi connectivity index (χ2v) is 11.5. The van der Waals surface area contributed by atoms with Crippen LogP contribution in [0.15, 0.2) is 66.9 Å². The van der Waals surface area contributed by atoms with E-state index in [1.807, 2.05) is 74.5 Å². The van der Waals surface area contributed by atoms with Crippen molar-refractivity contribution in [2.24, 2.45) is 0 Å². The molecule has 10 atom stereocenters. The third kappa shape index (κ3) is 5.52. The molecule has 230 valence electrons. The summed E-state index contributed by atoms with van der Waals surface area (Å²) in [5.41, 5.74) is 2.58. The topological polar surface area (TPSA) is 114 Å². The van der Waals surface area contributed by atoms with Crippen LogP contribution < -0.4 is 0 Å². The Labute approximate surface area is 250 Å². The van der Waals surface area contributed by atoms with Crippen molar-refractivity contribution < 1.29 is 42.6 Å². The lowest BCUT2D eigenvalue weighted by Crippen LogP contribution is -2.60. The van der Waals surface area contributed by atoms with E-state index in [0.29, 0.717) is 12.3 Å². The Hall–Kier alpha value is -2.78. The van der Waals surface area contributed by atoms with Crippen LogP contribution in [-0.4, -0.2) is 84.7 Å². The minimum absolute atomic E-state index is 0.289. The molecule has 12 nitrogen and oxygen atoms in total. The molecule has 5 heterocycles. The van der Waals surface area contributed by atoms with Gasteiger partial charge in [0.2, 0.25) is 0 Å². The number of methoxy groups -OCH3 is 2. The Morgan fingerprint density at radius 2 is 1.65 bits per heavy atom. The van der Waals surface area contributed by atoms with Gasteiger partial charge in [-0.1, -0.05) is 65.9 Å². The zero-order valence-corrected chi connectivity index (χ0v) is 24.6. The van der Waals surface area contributed by atoms with E-state index in [1.165, 1.54) is 0 Å². The summed E-state index contributed by atoms with van der Waals surface area (Å²) in [5, 5.41) is 8.90. The first-order chi connectivity index (χ1) is 21.0. The number of hydrogen-bond donors (Lipinski definition) is 0. The minimum atomic E-state index is -0.784. The monoisotopic (exact) mass is 595 g/mol. The maximum absolute atomic E-state index is 6.67. The molecule has 0 spiro atoms. The number of fused-ring (bicyclic) bond motifs is 2. The van der Waals surface area contributed by atoms with Crippen LogP contribution in [0.25, 0.3) is 0 Å². The van der Waals surface area contributed by atoms with E-state index in [9.17, 15) is 0 Å². The highest BCUT2D eigenvalue weighted by atomic mass is 16.8. The second-order valence-electron chi connectivity index (χ2n) is 11.5. The average molecular weight is 596 g/mol. The van der Waals surface area contributed by atoms with Crippen molar-refractivity contribution in [3.05, 3.63) is 83.7 Å². The van der Waals surface area contributed by atoms with Gasteiger partial charge >= 0.3 is 0 Å². The number of ether oxygens (including phenoxy) is 9. The Bertz CT molecular complexity index is 1350. The molecule has 7 rings (SSSR count). The van der Waals surface area contributed by atoms with Gasteiger partial charge in [-0.2, -0.15) is 0 Å². The number of aromatic nitrogens is 3. The lowest BCUT2D eigenvalue weighted by atomic mass is 9.94. The highest BCUT2D eigenvalue weighted by molar-refractivity contribution is 5.18. The quantitative estimate of drug-likeness (QED) is 0.382. The summed E-state index contributed by atoms with van der Waals surface area (Å²) < 4.78 is 57.9. The smallest absolute Gasteiger partial charge is 0.190 e. The SMILES string of the molecule is CO[C@H]1O[C@@H]2CO[C@@H](c3ccccc3)O[C@H]2[C@@H](n2nncc2[C@H]2O[C@@H]3OC(C)(C)O[C@@H]3[C@H]2OC)[C@@H]1OCc1ccccc1. The number of nitrogens with zero attached hydrogens (tertiary/aromatic N) is 3. The molecule has 0 N–H and O–H groups in total. The van der Waals surface area contributed by atoms with E-state index in [-0.39, 0.29) is 6.61 Å². The van der Waals surface area contributed by atoms with Gasteiger partial charge in [0, 0.05) is 19.8 Å². The summed E-state index contributed by atoms with van der Waals surface area (Å²) in [6, 6.07) is 19.2. The first-order valence-electron chi connectivity index (χ1n) is 14.6. The van der Waals surface area contributed by atoms with E-state index < -0.39 is 67.3 Å². The molecule has 0 bridgehead atoms. The lowest BCUT2D eigenvalue weighted by molar-refractivity contribution is -0.353. The van der Waals surface area contributed by atoms with Gasteiger partial charge in [0.15, 0.2) is 24.7 Å². The minimum Gasteiger partial charge on any atom is -0.375 e. The number of benzene rings is 2. The van der Waals surface area contributed by atoms with Crippen LogP contribution in [0.5, 0.6) is 0 Å². The summed E-state index contributed by atoms with van der Waals surface area (Å²) in [4.78, 5) is 0. The van der Waals surface area contributed by atoms with Crippen LogP contribution in [0.3, 0.4) is 0 Å². The van der Waals surface area contributed by atoms with Gasteiger partial charge in [-0.25, -0.2) is 4.68 Å². The Balaban J connectivity index is 1.25. The first kappa shape index (κ1) is 29.0. The molecular formula is C31H37N3O9. The summed E-state index contributed by atoms with van der Waals surface area (Å²) in [6.07, 6.45) is -3.34. The largest absolute Gasteiger partial charge is 0.375 e. The van der Waals surface area contributed by atoms with Crippen molar-refractivity contribution in [3.8, 4) is 0 Å². The summed E-state index contributed by atoms with van der Waals surface area (Å²) >= 11 is 0.